The summed E-state index contributed by atoms with van der Waals surface area (Å²) < 4.78 is 0. The van der Waals surface area contributed by atoms with Gasteiger partial charge in [0.05, 0.1) is 0 Å². The molecule has 2 N–H and O–H groups in total. The SMILES string of the molecule is C=C/C=C(C=O)\C=C/Cc1cc(C2=CC=C(C=O)CC2)c2ccc3c(-c4ccc(C(=O)CC)cc4)cc(-c4ccc(C(=O)CC)cc4)c4ccc1c2c43.CC.CC.CC.CO.CO. The monoisotopic (exact) mass is 846 g/mol. The lowest BCUT2D eigenvalue weighted by molar-refractivity contribution is -0.105. The second-order valence-corrected chi connectivity index (χ2v) is 13.5. The van der Waals surface area contributed by atoms with Crippen LogP contribution in [-0.4, -0.2) is 48.6 Å². The van der Waals surface area contributed by atoms with E-state index in [0.717, 1.165) is 104 Å². The number of allylic oxidation sites excluding steroid dienone is 9. The highest BCUT2D eigenvalue weighted by Crippen LogP contribution is 2.47. The normalized spacial score (nSPS) is 11.8. The Kier molecular flexibility index (Phi) is 23.1. The Balaban J connectivity index is 0.00000128. The van der Waals surface area contributed by atoms with Gasteiger partial charge in [-0.25, -0.2) is 0 Å². The average molecular weight is 847 g/mol. The second kappa shape index (κ2) is 27.6. The minimum Gasteiger partial charge on any atom is -0.400 e. The lowest BCUT2D eigenvalue weighted by Crippen LogP contribution is -2.00. The zero-order valence-corrected chi connectivity index (χ0v) is 39.0. The lowest BCUT2D eigenvalue weighted by atomic mass is 9.81. The molecule has 6 aromatic carbocycles. The van der Waals surface area contributed by atoms with E-state index in [1.54, 1.807) is 12.2 Å². The number of hydrogen-bond acceptors (Lipinski definition) is 6. The van der Waals surface area contributed by atoms with E-state index in [-0.39, 0.29) is 11.6 Å². The standard InChI is InChI=1S/C49H40O4.3C2H6.2CH4O/c1-4-8-31(29-50)9-7-10-38-27-43(33-13-11-32(30-51)12-14-33)40-25-26-42-45(35-17-21-37(22-18-35)47(53)6-3)28-44(41-24-23-39(38)48(40)49(41)42)34-15-19-36(20-16-34)46(52)5-2;5*1-2/h4,7-9,11,13,15-30H,1,5-6,10,12,14H2,2-3H3;3*1-2H3;2*2H,1H3/b9-7-,31-8+;;;;;. The summed E-state index contributed by atoms with van der Waals surface area (Å²) in [4.78, 5) is 48.4. The van der Waals surface area contributed by atoms with E-state index in [1.807, 2.05) is 122 Å². The quantitative estimate of drug-likeness (QED) is 0.0394. The van der Waals surface area contributed by atoms with Gasteiger partial charge < -0.3 is 10.2 Å². The van der Waals surface area contributed by atoms with Crippen LogP contribution >= 0.6 is 0 Å². The van der Waals surface area contributed by atoms with Crippen LogP contribution in [0.1, 0.15) is 113 Å². The van der Waals surface area contributed by atoms with Crippen LogP contribution in [0, 0.1) is 0 Å². The van der Waals surface area contributed by atoms with Gasteiger partial charge in [0.1, 0.15) is 12.6 Å². The minimum absolute atomic E-state index is 0.107. The van der Waals surface area contributed by atoms with Gasteiger partial charge in [-0.05, 0) is 108 Å². The maximum absolute atomic E-state index is 12.6. The van der Waals surface area contributed by atoms with Gasteiger partial charge in [-0.2, -0.15) is 0 Å². The molecule has 0 saturated heterocycles. The van der Waals surface area contributed by atoms with Crippen molar-refractivity contribution >= 4 is 62.0 Å². The Hall–Kier alpha value is -6.34. The molecule has 0 heterocycles. The van der Waals surface area contributed by atoms with Crippen LogP contribution in [0.3, 0.4) is 0 Å². The van der Waals surface area contributed by atoms with Gasteiger partial charge in [-0.15, -0.1) is 0 Å². The molecule has 0 bridgehead atoms. The summed E-state index contributed by atoms with van der Waals surface area (Å²) in [6, 6.07) is 29.2. The largest absolute Gasteiger partial charge is 0.400 e. The molecule has 0 fully saturated rings. The molecule has 0 amide bonds. The molecule has 0 spiro atoms. The fourth-order valence-corrected chi connectivity index (χ4v) is 7.63. The predicted molar refractivity (Wildman–Crippen MR) is 269 cm³/mol. The van der Waals surface area contributed by atoms with Crippen LogP contribution in [0.2, 0.25) is 0 Å². The molecule has 0 aromatic heterocycles. The Labute approximate surface area is 375 Å². The first-order chi connectivity index (χ1) is 30.9. The third-order valence-corrected chi connectivity index (χ3v) is 10.4. The molecule has 7 rings (SSSR count). The van der Waals surface area contributed by atoms with Crippen LogP contribution in [0.15, 0.2) is 139 Å². The molecule has 0 saturated carbocycles. The van der Waals surface area contributed by atoms with Crippen molar-refractivity contribution in [2.75, 3.05) is 14.2 Å². The van der Waals surface area contributed by atoms with Crippen LogP contribution in [0.5, 0.6) is 0 Å². The van der Waals surface area contributed by atoms with Crippen molar-refractivity contribution in [2.24, 2.45) is 0 Å². The molecule has 6 heteroatoms. The van der Waals surface area contributed by atoms with Gasteiger partial charge in [-0.1, -0.05) is 171 Å². The Morgan fingerprint density at radius 3 is 1.48 bits per heavy atom. The Morgan fingerprint density at radius 2 is 1.06 bits per heavy atom. The summed E-state index contributed by atoms with van der Waals surface area (Å²) in [5, 5.41) is 20.8. The van der Waals surface area contributed by atoms with Crippen LogP contribution in [-0.2, 0) is 16.0 Å². The number of ketones is 2. The number of hydrogen-bond donors (Lipinski definition) is 2. The fourth-order valence-electron chi connectivity index (χ4n) is 7.63. The summed E-state index contributed by atoms with van der Waals surface area (Å²) >= 11 is 0. The molecule has 330 valence electrons. The van der Waals surface area contributed by atoms with Crippen molar-refractivity contribution in [3.63, 3.8) is 0 Å². The van der Waals surface area contributed by atoms with E-state index in [1.165, 1.54) is 5.57 Å². The van der Waals surface area contributed by atoms with Crippen molar-refractivity contribution in [3.8, 4) is 22.3 Å². The summed E-state index contributed by atoms with van der Waals surface area (Å²) in [6.45, 7) is 19.5. The van der Waals surface area contributed by atoms with Crippen molar-refractivity contribution in [1.29, 1.82) is 0 Å². The van der Waals surface area contributed by atoms with Gasteiger partial charge >= 0.3 is 0 Å². The lowest BCUT2D eigenvalue weighted by Gasteiger charge is -2.22. The Morgan fingerprint density at radius 1 is 0.603 bits per heavy atom. The maximum Gasteiger partial charge on any atom is 0.162 e. The summed E-state index contributed by atoms with van der Waals surface area (Å²) in [7, 11) is 2.00. The van der Waals surface area contributed by atoms with Crippen molar-refractivity contribution in [2.45, 2.75) is 87.5 Å². The van der Waals surface area contributed by atoms with E-state index in [4.69, 9.17) is 10.2 Å². The first kappa shape index (κ1) is 52.8. The molecule has 63 heavy (non-hydrogen) atoms. The fraction of sp³-hybridized carbons (Fsp3) is 0.263. The minimum atomic E-state index is 0.107. The molecule has 1 aliphatic carbocycles. The third kappa shape index (κ3) is 12.2. The second-order valence-electron chi connectivity index (χ2n) is 13.5. The number of aliphatic hydroxyl groups is 2. The van der Waals surface area contributed by atoms with Crippen molar-refractivity contribution < 1.29 is 29.4 Å². The number of rotatable bonds is 13. The van der Waals surface area contributed by atoms with Crippen LogP contribution < -0.4 is 0 Å². The highest BCUT2D eigenvalue weighted by Gasteiger charge is 2.21. The molecule has 0 radical (unpaired) electrons. The van der Waals surface area contributed by atoms with E-state index in [9.17, 15) is 19.2 Å². The van der Waals surface area contributed by atoms with E-state index in [0.29, 0.717) is 42.4 Å². The Bertz CT molecular complexity index is 2480. The number of aliphatic hydroxyl groups excluding tert-OH is 2. The number of carbonyl (C=O) groups is 4. The van der Waals surface area contributed by atoms with Crippen LogP contribution in [0.4, 0.5) is 0 Å². The molecule has 0 aliphatic heterocycles. The number of Topliss-reactive ketones (excluding diaryl/α,β-unsaturated/α-hetero) is 2. The molecular formula is C57H66O6. The zero-order valence-electron chi connectivity index (χ0n) is 39.0. The molecule has 0 atom stereocenters. The molecule has 0 unspecified atom stereocenters. The number of carbonyl (C=O) groups excluding carboxylic acids is 4. The van der Waals surface area contributed by atoms with Gasteiger partial charge in [0.2, 0.25) is 0 Å². The molecule has 1 aliphatic rings. The van der Waals surface area contributed by atoms with Gasteiger partial charge in [0, 0.05) is 43.8 Å². The van der Waals surface area contributed by atoms with E-state index >= 15 is 0 Å². The smallest absolute Gasteiger partial charge is 0.162 e. The third-order valence-electron chi connectivity index (χ3n) is 10.4. The summed E-state index contributed by atoms with van der Waals surface area (Å²) in [6.07, 6.45) is 15.9. The van der Waals surface area contributed by atoms with Gasteiger partial charge in [0.25, 0.3) is 0 Å². The van der Waals surface area contributed by atoms with Crippen molar-refractivity contribution in [3.05, 3.63) is 161 Å². The average Bonchev–Trinajstić information content (AvgIpc) is 3.38. The molecule has 6 nitrogen and oxygen atoms in total. The summed E-state index contributed by atoms with van der Waals surface area (Å²) in [5.41, 5.74) is 10.3. The van der Waals surface area contributed by atoms with E-state index in [2.05, 4.69) is 49.1 Å². The number of aldehydes is 2. The molecular weight excluding hydrogens is 781 g/mol. The van der Waals surface area contributed by atoms with E-state index < -0.39 is 0 Å². The molecule has 6 aromatic rings. The first-order valence-corrected chi connectivity index (χ1v) is 22.1. The highest BCUT2D eigenvalue weighted by atomic mass is 16.2. The van der Waals surface area contributed by atoms with Crippen LogP contribution in [0.25, 0.3) is 60.1 Å². The van der Waals surface area contributed by atoms with Crippen molar-refractivity contribution in [1.82, 2.24) is 0 Å². The highest BCUT2D eigenvalue weighted by molar-refractivity contribution is 6.30. The predicted octanol–water partition coefficient (Wildman–Crippen LogP) is 14.1. The van der Waals surface area contributed by atoms with Gasteiger partial charge in [0.15, 0.2) is 11.6 Å². The zero-order chi connectivity index (χ0) is 47.1. The summed E-state index contributed by atoms with van der Waals surface area (Å²) in [5.74, 6) is 0.214. The first-order valence-electron chi connectivity index (χ1n) is 22.1. The van der Waals surface area contributed by atoms with Gasteiger partial charge in [-0.3, -0.25) is 19.2 Å². The maximum atomic E-state index is 12.6. The topological polar surface area (TPSA) is 109 Å². The number of benzene rings is 6.